The Morgan fingerprint density at radius 3 is 2.56 bits per heavy atom. The molecule has 7 nitrogen and oxygen atoms in total. The van der Waals surface area contributed by atoms with Crippen LogP contribution in [-0.4, -0.2) is 37.7 Å². The molecule has 9 heteroatoms. The fourth-order valence-corrected chi connectivity index (χ4v) is 3.83. The molecule has 0 spiro atoms. The van der Waals surface area contributed by atoms with Gasteiger partial charge in [-0.25, -0.2) is 19.7 Å². The number of carboxylic acids is 1. The van der Waals surface area contributed by atoms with Crippen LogP contribution in [-0.2, 0) is 4.79 Å². The lowest BCUT2D eigenvalue weighted by Crippen LogP contribution is -2.14. The van der Waals surface area contributed by atoms with E-state index in [4.69, 9.17) is 5.11 Å². The van der Waals surface area contributed by atoms with Gasteiger partial charge in [-0.2, -0.15) is 0 Å². The quantitative estimate of drug-likeness (QED) is 0.522. The summed E-state index contributed by atoms with van der Waals surface area (Å²) in [6.07, 6.45) is 0. The summed E-state index contributed by atoms with van der Waals surface area (Å²) in [5, 5.41) is 12.7. The first-order valence-electron chi connectivity index (χ1n) is 7.29. The Morgan fingerprint density at radius 2 is 1.88 bits per heavy atom. The summed E-state index contributed by atoms with van der Waals surface area (Å²) in [6, 6.07) is 6.53. The summed E-state index contributed by atoms with van der Waals surface area (Å²) in [5.74, 6) is -1.05. The van der Waals surface area contributed by atoms with Crippen LogP contribution in [0.25, 0.3) is 10.2 Å². The fraction of sp³-hybridized carbons (Fsp3) is 0.188. The molecule has 0 atom stereocenters. The number of hydrogen-bond donors (Lipinski definition) is 2. The van der Waals surface area contributed by atoms with Gasteiger partial charge in [-0.05, 0) is 38.1 Å². The average molecular weight is 374 g/mol. The number of aromatic nitrogens is 3. The van der Waals surface area contributed by atoms with Crippen LogP contribution >= 0.6 is 23.1 Å². The van der Waals surface area contributed by atoms with Gasteiger partial charge < -0.3 is 10.4 Å². The van der Waals surface area contributed by atoms with E-state index in [9.17, 15) is 9.59 Å². The van der Waals surface area contributed by atoms with Crippen molar-refractivity contribution >= 4 is 50.3 Å². The lowest BCUT2D eigenvalue weighted by Gasteiger charge is -2.03. The molecule has 3 aromatic rings. The van der Waals surface area contributed by atoms with E-state index in [2.05, 4.69) is 20.3 Å². The Labute approximate surface area is 151 Å². The highest BCUT2D eigenvalue weighted by atomic mass is 32.2. The van der Waals surface area contributed by atoms with Gasteiger partial charge in [-0.15, -0.1) is 0 Å². The van der Waals surface area contributed by atoms with E-state index >= 15 is 0 Å². The standard InChI is InChI=1S/C16H14N4O3S2/c1-8-5-9(2)18-15(17-8)24-7-13(21)20-16-19-11-4-3-10(14(22)23)6-12(11)25-16/h3-6H,7H2,1-2H3,(H,22,23)(H,19,20,21). The highest BCUT2D eigenvalue weighted by molar-refractivity contribution is 7.99. The van der Waals surface area contributed by atoms with Crippen LogP contribution < -0.4 is 5.32 Å². The monoisotopic (exact) mass is 374 g/mol. The number of nitrogens with zero attached hydrogens (tertiary/aromatic N) is 3. The number of thiazole rings is 1. The molecule has 0 saturated heterocycles. The molecule has 2 heterocycles. The maximum Gasteiger partial charge on any atom is 0.335 e. The van der Waals surface area contributed by atoms with Crippen LogP contribution in [0.15, 0.2) is 29.4 Å². The minimum Gasteiger partial charge on any atom is -0.478 e. The second-order valence-electron chi connectivity index (χ2n) is 5.28. The van der Waals surface area contributed by atoms with Gasteiger partial charge in [0.1, 0.15) is 0 Å². The van der Waals surface area contributed by atoms with Crippen LogP contribution in [0.5, 0.6) is 0 Å². The summed E-state index contributed by atoms with van der Waals surface area (Å²) in [5.41, 5.74) is 2.55. The van der Waals surface area contributed by atoms with E-state index in [1.165, 1.54) is 29.2 Å². The molecule has 1 aromatic carbocycles. The normalized spacial score (nSPS) is 10.8. The summed E-state index contributed by atoms with van der Waals surface area (Å²) in [6.45, 7) is 3.76. The van der Waals surface area contributed by atoms with Gasteiger partial charge in [0.25, 0.3) is 0 Å². The second kappa shape index (κ2) is 7.16. The Balaban J connectivity index is 1.66. The summed E-state index contributed by atoms with van der Waals surface area (Å²) in [7, 11) is 0. The Bertz CT molecular complexity index is 951. The lowest BCUT2D eigenvalue weighted by atomic mass is 10.2. The topological polar surface area (TPSA) is 105 Å². The number of hydrogen-bond acceptors (Lipinski definition) is 7. The number of benzene rings is 1. The van der Waals surface area contributed by atoms with Crippen molar-refractivity contribution in [3.63, 3.8) is 0 Å². The SMILES string of the molecule is Cc1cc(C)nc(SCC(=O)Nc2nc3ccc(C(=O)O)cc3s2)n1. The summed E-state index contributed by atoms with van der Waals surface area (Å²) >= 11 is 2.49. The van der Waals surface area contributed by atoms with E-state index in [1.54, 1.807) is 12.1 Å². The van der Waals surface area contributed by atoms with E-state index in [0.717, 1.165) is 11.4 Å². The second-order valence-corrected chi connectivity index (χ2v) is 7.25. The smallest absolute Gasteiger partial charge is 0.335 e. The van der Waals surface area contributed by atoms with Crippen molar-refractivity contribution in [1.29, 1.82) is 0 Å². The molecule has 0 aliphatic carbocycles. The number of rotatable bonds is 5. The molecule has 1 amide bonds. The minimum absolute atomic E-state index is 0.166. The van der Waals surface area contributed by atoms with Crippen LogP contribution in [0.2, 0.25) is 0 Å². The predicted molar refractivity (Wildman–Crippen MR) is 97.4 cm³/mol. The van der Waals surface area contributed by atoms with Gasteiger partial charge >= 0.3 is 5.97 Å². The zero-order valence-electron chi connectivity index (χ0n) is 13.4. The maximum absolute atomic E-state index is 12.1. The third kappa shape index (κ3) is 4.31. The number of aromatic carboxylic acids is 1. The van der Waals surface area contributed by atoms with E-state index < -0.39 is 5.97 Å². The van der Waals surface area contributed by atoms with Gasteiger partial charge in [0.05, 0.1) is 21.5 Å². The van der Waals surface area contributed by atoms with Crippen LogP contribution in [0.1, 0.15) is 21.7 Å². The zero-order chi connectivity index (χ0) is 18.0. The molecule has 2 N–H and O–H groups in total. The number of carbonyl (C=O) groups excluding carboxylic acids is 1. The summed E-state index contributed by atoms with van der Waals surface area (Å²) < 4.78 is 0.709. The highest BCUT2D eigenvalue weighted by Crippen LogP contribution is 2.27. The van der Waals surface area contributed by atoms with Crippen LogP contribution in [0, 0.1) is 13.8 Å². The van der Waals surface area contributed by atoms with E-state index in [-0.39, 0.29) is 17.2 Å². The molecular formula is C16H14N4O3S2. The van der Waals surface area contributed by atoms with E-state index in [1.807, 2.05) is 19.9 Å². The number of carbonyl (C=O) groups is 2. The lowest BCUT2D eigenvalue weighted by molar-refractivity contribution is -0.113. The number of anilines is 1. The molecule has 0 aliphatic rings. The Hall–Kier alpha value is -2.52. The van der Waals surface area contributed by atoms with Crippen LogP contribution in [0.4, 0.5) is 5.13 Å². The average Bonchev–Trinajstić information content (AvgIpc) is 2.93. The van der Waals surface area contributed by atoms with Crippen molar-refractivity contribution < 1.29 is 14.7 Å². The van der Waals surface area contributed by atoms with Crippen molar-refractivity contribution in [3.05, 3.63) is 41.2 Å². The predicted octanol–water partition coefficient (Wildman–Crippen LogP) is 3.13. The minimum atomic E-state index is -0.995. The Morgan fingerprint density at radius 1 is 1.16 bits per heavy atom. The fourth-order valence-electron chi connectivity index (χ4n) is 2.15. The van der Waals surface area contributed by atoms with Gasteiger partial charge in [0, 0.05) is 11.4 Å². The summed E-state index contributed by atoms with van der Waals surface area (Å²) in [4.78, 5) is 35.9. The zero-order valence-corrected chi connectivity index (χ0v) is 15.1. The first-order valence-corrected chi connectivity index (χ1v) is 9.10. The molecule has 0 radical (unpaired) electrons. The third-order valence-electron chi connectivity index (χ3n) is 3.18. The molecule has 0 fully saturated rings. The highest BCUT2D eigenvalue weighted by Gasteiger charge is 2.11. The first-order chi connectivity index (χ1) is 11.9. The first kappa shape index (κ1) is 17.3. The molecule has 0 bridgehead atoms. The number of fused-ring (bicyclic) bond motifs is 1. The molecule has 0 aliphatic heterocycles. The van der Waals surface area contributed by atoms with E-state index in [0.29, 0.717) is 20.5 Å². The number of nitrogens with one attached hydrogen (secondary N) is 1. The number of carboxylic acid groups (broad SMARTS) is 1. The number of aryl methyl sites for hydroxylation is 2. The van der Waals surface area contributed by atoms with Crippen molar-refractivity contribution in [2.24, 2.45) is 0 Å². The van der Waals surface area contributed by atoms with Crippen molar-refractivity contribution in [1.82, 2.24) is 15.0 Å². The molecule has 3 rings (SSSR count). The number of thioether (sulfide) groups is 1. The van der Waals surface area contributed by atoms with Gasteiger partial charge in [-0.1, -0.05) is 23.1 Å². The van der Waals surface area contributed by atoms with Crippen molar-refractivity contribution in [3.8, 4) is 0 Å². The Kier molecular flexibility index (Phi) is 4.95. The van der Waals surface area contributed by atoms with Crippen molar-refractivity contribution in [2.75, 3.05) is 11.1 Å². The molecular weight excluding hydrogens is 360 g/mol. The maximum atomic E-state index is 12.1. The largest absolute Gasteiger partial charge is 0.478 e. The molecule has 25 heavy (non-hydrogen) atoms. The van der Waals surface area contributed by atoms with Gasteiger partial charge in [0.15, 0.2) is 10.3 Å². The van der Waals surface area contributed by atoms with Gasteiger partial charge in [-0.3, -0.25) is 4.79 Å². The van der Waals surface area contributed by atoms with Crippen molar-refractivity contribution in [2.45, 2.75) is 19.0 Å². The number of amides is 1. The molecule has 0 saturated carbocycles. The van der Waals surface area contributed by atoms with Crippen LogP contribution in [0.3, 0.4) is 0 Å². The molecule has 2 aromatic heterocycles. The van der Waals surface area contributed by atoms with Gasteiger partial charge in [0.2, 0.25) is 5.91 Å². The molecule has 128 valence electrons. The third-order valence-corrected chi connectivity index (χ3v) is 4.96. The molecule has 0 unspecified atom stereocenters.